The molecule has 0 fully saturated rings. The quantitative estimate of drug-likeness (QED) is 0.857. The van der Waals surface area contributed by atoms with Crippen LogP contribution in [0.25, 0.3) is 0 Å². The number of fused-ring (bicyclic) bond motifs is 1. The zero-order valence-electron chi connectivity index (χ0n) is 9.54. The van der Waals surface area contributed by atoms with Gasteiger partial charge in [-0.15, -0.1) is 11.3 Å². The molecule has 2 N–H and O–H groups in total. The lowest BCUT2D eigenvalue weighted by molar-refractivity contribution is 0.594. The molecule has 1 aromatic carbocycles. The number of hydrogen-bond acceptors (Lipinski definition) is 4. The second-order valence-electron chi connectivity index (χ2n) is 4.15. The normalized spacial score (nSPS) is 14.8. The lowest BCUT2D eigenvalue weighted by Gasteiger charge is -2.18. The molecule has 18 heavy (non-hydrogen) atoms. The molecule has 2 aromatic rings. The van der Waals surface area contributed by atoms with E-state index >= 15 is 0 Å². The van der Waals surface area contributed by atoms with Gasteiger partial charge in [0.05, 0.1) is 5.69 Å². The second-order valence-corrected chi connectivity index (χ2v) is 7.18. The minimum atomic E-state index is -3.41. The Labute approximate surface area is 110 Å². The van der Waals surface area contributed by atoms with Crippen molar-refractivity contribution in [1.29, 1.82) is 0 Å². The molecule has 4 nitrogen and oxygen atoms in total. The number of benzene rings is 1. The van der Waals surface area contributed by atoms with Crippen molar-refractivity contribution < 1.29 is 8.42 Å². The van der Waals surface area contributed by atoms with E-state index in [-0.39, 0.29) is 0 Å². The van der Waals surface area contributed by atoms with Crippen LogP contribution in [0.4, 0.5) is 11.4 Å². The molecule has 0 unspecified atom stereocenters. The summed E-state index contributed by atoms with van der Waals surface area (Å²) in [4.78, 5) is 0. The van der Waals surface area contributed by atoms with E-state index in [1.807, 2.05) is 6.07 Å². The molecule has 1 aromatic heterocycles. The van der Waals surface area contributed by atoms with Crippen molar-refractivity contribution in [2.24, 2.45) is 0 Å². The van der Waals surface area contributed by atoms with Crippen LogP contribution in [0.2, 0.25) is 0 Å². The molecule has 1 aliphatic heterocycles. The van der Waals surface area contributed by atoms with Gasteiger partial charge in [-0.3, -0.25) is 4.31 Å². The highest BCUT2D eigenvalue weighted by Gasteiger charge is 2.31. The van der Waals surface area contributed by atoms with Crippen LogP contribution in [-0.4, -0.2) is 15.0 Å². The van der Waals surface area contributed by atoms with E-state index in [4.69, 9.17) is 5.73 Å². The van der Waals surface area contributed by atoms with Gasteiger partial charge in [0.1, 0.15) is 4.21 Å². The fraction of sp³-hybridized carbons (Fsp3) is 0.167. The SMILES string of the molecule is Nc1ccc2c(c1)CCN2S(=O)(=O)c1cccs1. The van der Waals surface area contributed by atoms with Crippen molar-refractivity contribution in [3.63, 3.8) is 0 Å². The molecule has 0 saturated heterocycles. The smallest absolute Gasteiger partial charge is 0.273 e. The van der Waals surface area contributed by atoms with E-state index in [9.17, 15) is 8.42 Å². The van der Waals surface area contributed by atoms with Gasteiger partial charge in [-0.2, -0.15) is 0 Å². The first-order chi connectivity index (χ1) is 8.59. The van der Waals surface area contributed by atoms with Gasteiger partial charge in [-0.1, -0.05) is 6.07 Å². The van der Waals surface area contributed by atoms with Gasteiger partial charge < -0.3 is 5.73 Å². The first-order valence-electron chi connectivity index (χ1n) is 5.54. The summed E-state index contributed by atoms with van der Waals surface area (Å²) in [6.45, 7) is 0.485. The molecule has 2 heterocycles. The summed E-state index contributed by atoms with van der Waals surface area (Å²) in [5.41, 5.74) is 8.13. The molecule has 0 spiro atoms. The van der Waals surface area contributed by atoms with Crippen LogP contribution in [0.5, 0.6) is 0 Å². The molecular formula is C12H12N2O2S2. The van der Waals surface area contributed by atoms with Gasteiger partial charge in [0.2, 0.25) is 0 Å². The highest BCUT2D eigenvalue weighted by Crippen LogP contribution is 2.34. The summed E-state index contributed by atoms with van der Waals surface area (Å²) in [7, 11) is -3.41. The minimum Gasteiger partial charge on any atom is -0.399 e. The van der Waals surface area contributed by atoms with Crippen molar-refractivity contribution in [3.8, 4) is 0 Å². The number of sulfonamides is 1. The topological polar surface area (TPSA) is 63.4 Å². The van der Waals surface area contributed by atoms with Gasteiger partial charge in [0.15, 0.2) is 0 Å². The Bertz CT molecular complexity index is 678. The predicted octanol–water partition coefficient (Wildman–Crippen LogP) is 2.08. The maximum absolute atomic E-state index is 12.4. The maximum Gasteiger partial charge on any atom is 0.273 e. The van der Waals surface area contributed by atoms with Crippen LogP contribution in [-0.2, 0) is 16.4 Å². The molecule has 0 radical (unpaired) electrons. The average molecular weight is 280 g/mol. The average Bonchev–Trinajstić information content (AvgIpc) is 2.97. The van der Waals surface area contributed by atoms with Crippen molar-refractivity contribution >= 4 is 32.7 Å². The molecule has 0 amide bonds. The van der Waals surface area contributed by atoms with Gasteiger partial charge in [-0.05, 0) is 41.6 Å². The van der Waals surface area contributed by atoms with Gasteiger partial charge >= 0.3 is 0 Å². The Balaban J connectivity index is 2.08. The molecule has 0 saturated carbocycles. The molecule has 1 aliphatic rings. The van der Waals surface area contributed by atoms with Gasteiger partial charge in [0, 0.05) is 12.2 Å². The van der Waals surface area contributed by atoms with Crippen molar-refractivity contribution in [1.82, 2.24) is 0 Å². The summed E-state index contributed by atoms with van der Waals surface area (Å²) < 4.78 is 26.7. The Morgan fingerprint density at radius 3 is 2.83 bits per heavy atom. The molecular weight excluding hydrogens is 268 g/mol. The number of rotatable bonds is 2. The Morgan fingerprint density at radius 1 is 1.28 bits per heavy atom. The summed E-state index contributed by atoms with van der Waals surface area (Å²) in [6.07, 6.45) is 0.713. The van der Waals surface area contributed by atoms with Crippen molar-refractivity contribution in [2.75, 3.05) is 16.6 Å². The number of nitrogen functional groups attached to an aromatic ring is 1. The van der Waals surface area contributed by atoms with Crippen LogP contribution >= 0.6 is 11.3 Å². The lowest BCUT2D eigenvalue weighted by Crippen LogP contribution is -2.28. The number of anilines is 2. The van der Waals surface area contributed by atoms with E-state index < -0.39 is 10.0 Å². The largest absolute Gasteiger partial charge is 0.399 e. The summed E-state index contributed by atoms with van der Waals surface area (Å²) in [5, 5.41) is 1.77. The van der Waals surface area contributed by atoms with Crippen LogP contribution in [0.15, 0.2) is 39.9 Å². The second kappa shape index (κ2) is 4.00. The van der Waals surface area contributed by atoms with E-state index in [0.29, 0.717) is 22.9 Å². The third-order valence-corrected chi connectivity index (χ3v) is 6.18. The fourth-order valence-corrected chi connectivity index (χ4v) is 4.77. The first-order valence-corrected chi connectivity index (χ1v) is 7.86. The maximum atomic E-state index is 12.4. The molecule has 0 atom stereocenters. The standard InChI is InChI=1S/C12H12N2O2S2/c13-10-3-4-11-9(8-10)5-6-14(11)18(15,16)12-2-1-7-17-12/h1-4,7-8H,5-6,13H2. The van der Waals surface area contributed by atoms with Crippen molar-refractivity contribution in [2.45, 2.75) is 10.6 Å². The zero-order chi connectivity index (χ0) is 12.8. The van der Waals surface area contributed by atoms with Crippen molar-refractivity contribution in [3.05, 3.63) is 41.3 Å². The monoisotopic (exact) mass is 280 g/mol. The highest BCUT2D eigenvalue weighted by atomic mass is 32.2. The van der Waals surface area contributed by atoms with Crippen LogP contribution < -0.4 is 10.0 Å². The molecule has 3 rings (SSSR count). The summed E-state index contributed by atoms with van der Waals surface area (Å²) in [6, 6.07) is 8.75. The summed E-state index contributed by atoms with van der Waals surface area (Å²) in [5.74, 6) is 0. The molecule has 0 aliphatic carbocycles. The third kappa shape index (κ3) is 1.69. The number of hydrogen-bond donors (Lipinski definition) is 1. The minimum absolute atomic E-state index is 0.382. The van der Waals surface area contributed by atoms with E-state index in [1.54, 1.807) is 29.6 Å². The first kappa shape index (κ1) is 11.6. The van der Waals surface area contributed by atoms with Crippen LogP contribution in [0.1, 0.15) is 5.56 Å². The number of nitrogens with two attached hydrogens (primary N) is 1. The van der Waals surface area contributed by atoms with Gasteiger partial charge in [0.25, 0.3) is 10.0 Å². The van der Waals surface area contributed by atoms with Crippen LogP contribution in [0, 0.1) is 0 Å². The number of nitrogens with zero attached hydrogens (tertiary/aromatic N) is 1. The molecule has 0 bridgehead atoms. The lowest BCUT2D eigenvalue weighted by atomic mass is 10.1. The van der Waals surface area contributed by atoms with Crippen LogP contribution in [0.3, 0.4) is 0 Å². The van der Waals surface area contributed by atoms with E-state index in [1.165, 1.54) is 15.6 Å². The van der Waals surface area contributed by atoms with E-state index in [0.717, 1.165) is 11.3 Å². The Kier molecular flexibility index (Phi) is 2.57. The Morgan fingerprint density at radius 2 is 2.11 bits per heavy atom. The predicted molar refractivity (Wildman–Crippen MR) is 73.4 cm³/mol. The molecule has 6 heteroatoms. The third-order valence-electron chi connectivity index (χ3n) is 3.00. The molecule has 94 valence electrons. The highest BCUT2D eigenvalue weighted by molar-refractivity contribution is 7.94. The van der Waals surface area contributed by atoms with E-state index in [2.05, 4.69) is 0 Å². The summed E-state index contributed by atoms with van der Waals surface area (Å²) >= 11 is 1.24. The van der Waals surface area contributed by atoms with Gasteiger partial charge in [-0.25, -0.2) is 8.42 Å². The fourth-order valence-electron chi connectivity index (χ4n) is 2.16. The Hall–Kier alpha value is -1.53. The zero-order valence-corrected chi connectivity index (χ0v) is 11.2. The number of thiophene rings is 1.